The van der Waals surface area contributed by atoms with Crippen LogP contribution in [0.15, 0.2) is 0 Å². The van der Waals surface area contributed by atoms with E-state index in [1.807, 2.05) is 0 Å². The van der Waals surface area contributed by atoms with E-state index in [0.29, 0.717) is 0 Å². The first-order valence-corrected chi connectivity index (χ1v) is 3.58. The van der Waals surface area contributed by atoms with Gasteiger partial charge in [0.15, 0.2) is 0 Å². The summed E-state index contributed by atoms with van der Waals surface area (Å²) in [5.74, 6) is 0. The molecule has 4 radical (unpaired) electrons. The molecular weight excluding hydrogens is 251 g/mol. The summed E-state index contributed by atoms with van der Waals surface area (Å²) >= 11 is -2.42. The average molecular weight is 251 g/mol. The first-order valence-electron chi connectivity index (χ1n) is 0.408. The minimum absolute atomic E-state index is 0. The molecule has 0 aliphatic carbocycles. The predicted molar refractivity (Wildman–Crippen MR) is 10.4 cm³/mol. The van der Waals surface area contributed by atoms with Crippen molar-refractivity contribution in [3.8, 4) is 0 Å². The van der Waals surface area contributed by atoms with Crippen LogP contribution in [-0.2, 0) is 5.37 Å². The van der Waals surface area contributed by atoms with Crippen molar-refractivity contribution in [2.24, 2.45) is 0 Å². The van der Waals surface area contributed by atoms with Gasteiger partial charge in [-0.3, -0.25) is 0 Å². The van der Waals surface area contributed by atoms with Crippen molar-refractivity contribution in [1.82, 2.24) is 0 Å². The van der Waals surface area contributed by atoms with Crippen molar-refractivity contribution < 1.29 is 5.37 Å². The van der Waals surface area contributed by atoms with Gasteiger partial charge < -0.3 is 0 Å². The van der Waals surface area contributed by atoms with Crippen molar-refractivity contribution >= 4 is 24.3 Å². The van der Waals surface area contributed by atoms with Crippen LogP contribution in [0, 0.1) is 7.43 Å². The Morgan fingerprint density at radius 2 is 1.25 bits per heavy atom. The van der Waals surface area contributed by atoms with Crippen molar-refractivity contribution in [3.63, 3.8) is 0 Å². The van der Waals surface area contributed by atoms with Crippen molar-refractivity contribution in [2.75, 3.05) is 0 Å². The van der Waals surface area contributed by atoms with E-state index < -0.39 is 24.3 Å². The molecule has 0 fully saturated rings. The first-order chi connectivity index (χ1) is 1.41. The third-order valence-electron chi connectivity index (χ3n) is 0. The molecule has 0 aliphatic heterocycles. The normalized spacial score (nSPS) is 2.00. The van der Waals surface area contributed by atoms with Gasteiger partial charge in [-0.2, -0.15) is 0 Å². The van der Waals surface area contributed by atoms with E-state index in [1.54, 1.807) is 0 Å². The van der Waals surface area contributed by atoms with Crippen molar-refractivity contribution in [2.45, 2.75) is 0 Å². The van der Waals surface area contributed by atoms with Gasteiger partial charge in [-0.25, -0.2) is 0 Å². The van der Waals surface area contributed by atoms with Crippen molar-refractivity contribution in [1.29, 1.82) is 0 Å². The zero-order valence-electron chi connectivity index (χ0n) is 1.82. The molecule has 20 valence electrons. The molecule has 2 nitrogen and oxygen atoms in total. The molecule has 0 heterocycles. The van der Waals surface area contributed by atoms with E-state index in [2.05, 4.69) is 0 Å². The molecule has 0 aliphatic rings. The maximum atomic E-state index is 8.57. The standard InChI is InChI=1S/C.2O.Pb. The maximum absolute atomic E-state index is 8.57. The molecule has 3 heteroatoms. The Balaban J connectivity index is 0. The van der Waals surface area contributed by atoms with Crippen molar-refractivity contribution in [3.05, 3.63) is 7.43 Å². The van der Waals surface area contributed by atoms with Gasteiger partial charge in [0.2, 0.25) is 0 Å². The van der Waals surface area contributed by atoms with Gasteiger partial charge in [0.25, 0.3) is 0 Å². The number of hydrogen-bond acceptors (Lipinski definition) is 2. The third-order valence-corrected chi connectivity index (χ3v) is 0. The number of hydrogen-bond donors (Lipinski definition) is 0. The van der Waals surface area contributed by atoms with E-state index in [0.717, 1.165) is 0 Å². The van der Waals surface area contributed by atoms with Crippen LogP contribution in [-0.4, -0.2) is 24.3 Å². The summed E-state index contributed by atoms with van der Waals surface area (Å²) in [6.45, 7) is 0. The van der Waals surface area contributed by atoms with E-state index in [1.165, 1.54) is 0 Å². The monoisotopic (exact) mass is 252 g/mol. The average Bonchev–Trinajstić information content (AvgIpc) is 0.918. The summed E-state index contributed by atoms with van der Waals surface area (Å²) in [5, 5.41) is 0. The Morgan fingerprint density at radius 3 is 1.25 bits per heavy atom. The second-order valence-electron chi connectivity index (χ2n) is 0.0833. The SMILES string of the molecule is [C].[O]=[Pb]=[O]. The molecule has 0 bridgehead atoms. The van der Waals surface area contributed by atoms with Crippen LogP contribution in [0.4, 0.5) is 0 Å². The summed E-state index contributed by atoms with van der Waals surface area (Å²) in [6, 6.07) is 0. The fraction of sp³-hybridized carbons (Fsp3) is 0. The van der Waals surface area contributed by atoms with Gasteiger partial charge in [-0.1, -0.05) is 0 Å². The van der Waals surface area contributed by atoms with Gasteiger partial charge in [-0.05, 0) is 0 Å². The van der Waals surface area contributed by atoms with Crippen LogP contribution in [0.25, 0.3) is 0 Å². The Kier molecular flexibility index (Phi) is 21.3. The molecule has 0 aromatic carbocycles. The summed E-state index contributed by atoms with van der Waals surface area (Å²) in [6.07, 6.45) is 0. The summed E-state index contributed by atoms with van der Waals surface area (Å²) in [7, 11) is 0. The van der Waals surface area contributed by atoms with Crippen LogP contribution < -0.4 is 0 Å². The number of rotatable bonds is 0. The zero-order valence-corrected chi connectivity index (χ0v) is 5.70. The predicted octanol–water partition coefficient (Wildman–Crippen LogP) is -0.537. The third kappa shape index (κ3) is 21.4. The minimum atomic E-state index is -2.42. The molecule has 0 rings (SSSR count). The molecule has 0 spiro atoms. The Labute approximate surface area is 37.4 Å². The first kappa shape index (κ1) is 8.82. The Hall–Kier alpha value is 0.522. The molecule has 0 aromatic heterocycles. The van der Waals surface area contributed by atoms with Crippen LogP contribution in [0.3, 0.4) is 0 Å². The van der Waals surface area contributed by atoms with E-state index in [4.69, 9.17) is 5.37 Å². The van der Waals surface area contributed by atoms with E-state index in [-0.39, 0.29) is 7.43 Å². The summed E-state index contributed by atoms with van der Waals surface area (Å²) in [4.78, 5) is 0. The summed E-state index contributed by atoms with van der Waals surface area (Å²) < 4.78 is 17.1. The molecule has 0 unspecified atom stereocenters. The van der Waals surface area contributed by atoms with Crippen LogP contribution >= 0.6 is 0 Å². The fourth-order valence-corrected chi connectivity index (χ4v) is 0. The van der Waals surface area contributed by atoms with Gasteiger partial charge in [0.05, 0.1) is 0 Å². The van der Waals surface area contributed by atoms with Gasteiger partial charge in [-0.15, -0.1) is 0 Å². The quantitative estimate of drug-likeness (QED) is 0.542. The van der Waals surface area contributed by atoms with Gasteiger partial charge in [0.1, 0.15) is 0 Å². The molecule has 0 N–H and O–H groups in total. The van der Waals surface area contributed by atoms with E-state index >= 15 is 0 Å². The molecular formula is CO2Pb. The molecule has 0 aromatic rings. The van der Waals surface area contributed by atoms with E-state index in [9.17, 15) is 0 Å². The Bertz CT molecular complexity index is 27.0. The Morgan fingerprint density at radius 1 is 1.25 bits per heavy atom. The van der Waals surface area contributed by atoms with Crippen LogP contribution in [0.5, 0.6) is 0 Å². The van der Waals surface area contributed by atoms with Crippen LogP contribution in [0.1, 0.15) is 0 Å². The zero-order chi connectivity index (χ0) is 2.71. The van der Waals surface area contributed by atoms with Crippen LogP contribution in [0.2, 0.25) is 0 Å². The second-order valence-corrected chi connectivity index (χ2v) is 0.731. The summed E-state index contributed by atoms with van der Waals surface area (Å²) in [5.41, 5.74) is 0. The topological polar surface area (TPSA) is 34.1 Å². The molecule has 0 amide bonds. The fourth-order valence-electron chi connectivity index (χ4n) is 0. The molecule has 0 saturated carbocycles. The van der Waals surface area contributed by atoms with Gasteiger partial charge >= 0.3 is 29.6 Å². The molecule has 0 saturated heterocycles. The second kappa shape index (κ2) is 9.67. The molecule has 0 atom stereocenters. The molecule has 4 heavy (non-hydrogen) atoms. The van der Waals surface area contributed by atoms with Gasteiger partial charge in [0, 0.05) is 7.43 Å².